The van der Waals surface area contributed by atoms with Crippen molar-refractivity contribution >= 4 is 5.57 Å². The predicted octanol–water partition coefficient (Wildman–Crippen LogP) is 4.53. The fourth-order valence-electron chi connectivity index (χ4n) is 2.24. The largest absolute Gasteiger partial charge is 0.396 e. The molecule has 0 amide bonds. The molecule has 0 unspecified atom stereocenters. The lowest BCUT2D eigenvalue weighted by Gasteiger charge is -2.08. The van der Waals surface area contributed by atoms with Crippen molar-refractivity contribution in [3.05, 3.63) is 66.2 Å². The second-order valence-corrected chi connectivity index (χ2v) is 4.55. The molecule has 0 saturated heterocycles. The first-order valence-electron chi connectivity index (χ1n) is 6.81. The van der Waals surface area contributed by atoms with Crippen molar-refractivity contribution in [2.45, 2.75) is 19.8 Å². The van der Waals surface area contributed by atoms with Gasteiger partial charge in [0.15, 0.2) is 0 Å². The first kappa shape index (κ1) is 13.6. The average Bonchev–Trinajstić information content (AvgIpc) is 2.48. The molecule has 0 aliphatic rings. The van der Waals surface area contributed by atoms with Crippen LogP contribution in [0, 0.1) is 0 Å². The number of aliphatic hydroxyl groups is 1. The van der Waals surface area contributed by atoms with Crippen LogP contribution in [0.3, 0.4) is 0 Å². The van der Waals surface area contributed by atoms with E-state index >= 15 is 0 Å². The molecule has 0 aromatic heterocycles. The van der Waals surface area contributed by atoms with Crippen molar-refractivity contribution < 1.29 is 5.11 Å². The van der Waals surface area contributed by atoms with E-state index in [0.717, 1.165) is 12.8 Å². The topological polar surface area (TPSA) is 20.2 Å². The van der Waals surface area contributed by atoms with Gasteiger partial charge in [-0.2, -0.15) is 0 Å². The minimum Gasteiger partial charge on any atom is -0.396 e. The van der Waals surface area contributed by atoms with Crippen LogP contribution in [0.15, 0.2) is 60.7 Å². The van der Waals surface area contributed by atoms with Crippen molar-refractivity contribution in [1.29, 1.82) is 0 Å². The highest BCUT2D eigenvalue weighted by Gasteiger charge is 2.02. The Morgan fingerprint density at radius 2 is 1.58 bits per heavy atom. The van der Waals surface area contributed by atoms with Crippen LogP contribution >= 0.6 is 0 Å². The summed E-state index contributed by atoms with van der Waals surface area (Å²) in [7, 11) is 0. The van der Waals surface area contributed by atoms with Crippen LogP contribution in [-0.2, 0) is 0 Å². The maximum Gasteiger partial charge on any atom is 0.0471 e. The number of benzene rings is 2. The van der Waals surface area contributed by atoms with Crippen LogP contribution in [0.1, 0.15) is 25.3 Å². The summed E-state index contributed by atoms with van der Waals surface area (Å²) >= 11 is 0. The summed E-state index contributed by atoms with van der Waals surface area (Å²) in [4.78, 5) is 0. The Hall–Kier alpha value is -1.86. The summed E-state index contributed by atoms with van der Waals surface area (Å²) in [6.45, 7) is 2.32. The van der Waals surface area contributed by atoms with Gasteiger partial charge in [-0.05, 0) is 35.1 Å². The van der Waals surface area contributed by atoms with E-state index in [0.29, 0.717) is 0 Å². The molecule has 0 fully saturated rings. The van der Waals surface area contributed by atoms with Crippen molar-refractivity contribution in [3.63, 3.8) is 0 Å². The van der Waals surface area contributed by atoms with E-state index in [9.17, 15) is 0 Å². The molecule has 0 saturated carbocycles. The Bertz CT molecular complexity index is 523. The van der Waals surface area contributed by atoms with E-state index in [4.69, 9.17) is 5.11 Å². The molecule has 0 aliphatic heterocycles. The predicted molar refractivity (Wildman–Crippen MR) is 81.8 cm³/mol. The summed E-state index contributed by atoms with van der Waals surface area (Å²) in [5.74, 6) is 0. The average molecular weight is 252 g/mol. The molecule has 19 heavy (non-hydrogen) atoms. The van der Waals surface area contributed by atoms with Crippen LogP contribution < -0.4 is 0 Å². The number of hydrogen-bond acceptors (Lipinski definition) is 1. The smallest absolute Gasteiger partial charge is 0.0471 e. The van der Waals surface area contributed by atoms with E-state index in [1.165, 1.54) is 22.3 Å². The second kappa shape index (κ2) is 6.91. The standard InChI is InChI=1S/C18H20O/c1-2-6-15(13-14-19)17-9-11-18(12-10-17)16-7-4-3-5-8-16/h3-12,19H,2,13-14H2,1H3/b15-6-. The van der Waals surface area contributed by atoms with Gasteiger partial charge in [0.1, 0.15) is 0 Å². The molecule has 0 spiro atoms. The van der Waals surface area contributed by atoms with Gasteiger partial charge in [0.05, 0.1) is 0 Å². The van der Waals surface area contributed by atoms with Gasteiger partial charge in [-0.3, -0.25) is 0 Å². The van der Waals surface area contributed by atoms with Crippen LogP contribution in [0.2, 0.25) is 0 Å². The van der Waals surface area contributed by atoms with Crippen molar-refractivity contribution in [1.82, 2.24) is 0 Å². The maximum absolute atomic E-state index is 9.12. The molecular weight excluding hydrogens is 232 g/mol. The molecule has 2 aromatic carbocycles. The fourth-order valence-corrected chi connectivity index (χ4v) is 2.24. The first-order chi connectivity index (χ1) is 9.35. The minimum atomic E-state index is 0.201. The third kappa shape index (κ3) is 3.55. The Morgan fingerprint density at radius 1 is 0.947 bits per heavy atom. The Labute approximate surface area is 115 Å². The van der Waals surface area contributed by atoms with E-state index in [1.54, 1.807) is 0 Å². The molecule has 98 valence electrons. The van der Waals surface area contributed by atoms with Crippen LogP contribution in [0.25, 0.3) is 16.7 Å². The van der Waals surface area contributed by atoms with Gasteiger partial charge >= 0.3 is 0 Å². The zero-order chi connectivity index (χ0) is 13.5. The molecule has 0 bridgehead atoms. The van der Waals surface area contributed by atoms with Crippen LogP contribution in [0.5, 0.6) is 0 Å². The number of hydrogen-bond donors (Lipinski definition) is 1. The normalized spacial score (nSPS) is 11.6. The zero-order valence-electron chi connectivity index (χ0n) is 11.3. The highest BCUT2D eigenvalue weighted by molar-refractivity contribution is 5.70. The molecule has 0 heterocycles. The second-order valence-electron chi connectivity index (χ2n) is 4.55. The highest BCUT2D eigenvalue weighted by Crippen LogP contribution is 2.24. The maximum atomic E-state index is 9.12. The van der Waals surface area contributed by atoms with Gasteiger partial charge < -0.3 is 5.11 Å². The monoisotopic (exact) mass is 252 g/mol. The quantitative estimate of drug-likeness (QED) is 0.829. The Balaban J connectivity index is 2.25. The molecule has 2 aromatic rings. The molecule has 0 atom stereocenters. The van der Waals surface area contributed by atoms with Crippen LogP contribution in [-0.4, -0.2) is 11.7 Å². The molecule has 0 radical (unpaired) electrons. The minimum absolute atomic E-state index is 0.201. The summed E-state index contributed by atoms with van der Waals surface area (Å²) < 4.78 is 0. The third-order valence-electron chi connectivity index (χ3n) is 3.19. The fraction of sp³-hybridized carbons (Fsp3) is 0.222. The molecule has 2 rings (SSSR count). The summed E-state index contributed by atoms with van der Waals surface area (Å²) in [6, 6.07) is 18.9. The SMILES string of the molecule is CC/C=C(/CCO)c1ccc(-c2ccccc2)cc1. The zero-order valence-corrected chi connectivity index (χ0v) is 11.3. The number of aliphatic hydroxyl groups excluding tert-OH is 1. The Morgan fingerprint density at radius 3 is 2.16 bits per heavy atom. The van der Waals surface area contributed by atoms with E-state index in [1.807, 2.05) is 6.07 Å². The molecule has 0 aliphatic carbocycles. The lowest BCUT2D eigenvalue weighted by Crippen LogP contribution is -1.89. The van der Waals surface area contributed by atoms with Gasteiger partial charge in [-0.15, -0.1) is 0 Å². The van der Waals surface area contributed by atoms with E-state index < -0.39 is 0 Å². The van der Waals surface area contributed by atoms with Gasteiger partial charge in [0, 0.05) is 6.61 Å². The molecule has 1 heteroatoms. The van der Waals surface area contributed by atoms with Gasteiger partial charge in [-0.1, -0.05) is 67.6 Å². The van der Waals surface area contributed by atoms with Crippen molar-refractivity contribution in [3.8, 4) is 11.1 Å². The van der Waals surface area contributed by atoms with E-state index in [-0.39, 0.29) is 6.61 Å². The first-order valence-corrected chi connectivity index (χ1v) is 6.81. The molecule has 1 nitrogen and oxygen atoms in total. The van der Waals surface area contributed by atoms with Gasteiger partial charge in [0.25, 0.3) is 0 Å². The van der Waals surface area contributed by atoms with E-state index in [2.05, 4.69) is 61.5 Å². The lowest BCUT2D eigenvalue weighted by molar-refractivity contribution is 0.305. The van der Waals surface area contributed by atoms with Crippen molar-refractivity contribution in [2.75, 3.05) is 6.61 Å². The summed E-state index contributed by atoms with van der Waals surface area (Å²) in [6.07, 6.45) is 3.90. The van der Waals surface area contributed by atoms with Crippen LogP contribution in [0.4, 0.5) is 0 Å². The lowest BCUT2D eigenvalue weighted by atomic mass is 9.98. The summed E-state index contributed by atoms with van der Waals surface area (Å²) in [5.41, 5.74) is 4.89. The highest BCUT2D eigenvalue weighted by atomic mass is 16.2. The number of rotatable bonds is 5. The summed E-state index contributed by atoms with van der Waals surface area (Å²) in [5, 5.41) is 9.12. The van der Waals surface area contributed by atoms with Gasteiger partial charge in [0.2, 0.25) is 0 Å². The molecule has 1 N–H and O–H groups in total. The van der Waals surface area contributed by atoms with Crippen molar-refractivity contribution in [2.24, 2.45) is 0 Å². The molecular formula is C18H20O. The Kier molecular flexibility index (Phi) is 4.93. The number of allylic oxidation sites excluding steroid dienone is 1. The third-order valence-corrected chi connectivity index (χ3v) is 3.19. The van der Waals surface area contributed by atoms with Gasteiger partial charge in [-0.25, -0.2) is 0 Å².